The zero-order valence-electron chi connectivity index (χ0n) is 11.3. The number of hydrogen-bond acceptors (Lipinski definition) is 2. The summed E-state index contributed by atoms with van der Waals surface area (Å²) >= 11 is 1.78. The van der Waals surface area contributed by atoms with Crippen molar-refractivity contribution in [1.82, 2.24) is 4.90 Å². The summed E-state index contributed by atoms with van der Waals surface area (Å²) in [4.78, 5) is 16.4. The summed E-state index contributed by atoms with van der Waals surface area (Å²) < 4.78 is 0. The number of rotatable bonds is 4. The van der Waals surface area contributed by atoms with Crippen LogP contribution in [0.4, 0.5) is 0 Å². The van der Waals surface area contributed by atoms with Crippen molar-refractivity contribution in [3.63, 3.8) is 0 Å². The molecule has 3 saturated carbocycles. The Bertz CT molecular complexity index is 465. The maximum atomic E-state index is 12.9. The van der Waals surface area contributed by atoms with E-state index < -0.39 is 0 Å². The Labute approximate surface area is 118 Å². The number of nitrogens with zero attached hydrogens (tertiary/aromatic N) is 1. The fraction of sp³-hybridized carbons (Fsp3) is 0.688. The average Bonchev–Trinajstić information content (AvgIpc) is 2.86. The minimum absolute atomic E-state index is 0.360. The first kappa shape index (κ1) is 12.0. The second-order valence-electron chi connectivity index (χ2n) is 6.56. The Kier molecular flexibility index (Phi) is 2.91. The SMILES string of the molecule is O=C([C@@H]1C[C@H]2CC[C@H]1C2)N(Cc1cccs1)C1CC1. The van der Waals surface area contributed by atoms with Gasteiger partial charge in [0.05, 0.1) is 6.54 Å². The van der Waals surface area contributed by atoms with Crippen LogP contribution in [0.5, 0.6) is 0 Å². The fourth-order valence-corrected chi connectivity index (χ4v) is 4.81. The monoisotopic (exact) mass is 275 g/mol. The molecule has 3 heteroatoms. The lowest BCUT2D eigenvalue weighted by molar-refractivity contribution is -0.138. The van der Waals surface area contributed by atoms with Gasteiger partial charge in [-0.25, -0.2) is 0 Å². The fourth-order valence-electron chi connectivity index (χ4n) is 4.10. The van der Waals surface area contributed by atoms with Crippen LogP contribution in [-0.4, -0.2) is 16.8 Å². The van der Waals surface area contributed by atoms with Crippen LogP contribution in [0.3, 0.4) is 0 Å². The molecule has 19 heavy (non-hydrogen) atoms. The van der Waals surface area contributed by atoms with Crippen molar-refractivity contribution in [2.24, 2.45) is 17.8 Å². The van der Waals surface area contributed by atoms with E-state index >= 15 is 0 Å². The molecule has 0 aliphatic heterocycles. The van der Waals surface area contributed by atoms with Gasteiger partial charge in [0.2, 0.25) is 5.91 Å². The highest BCUT2D eigenvalue weighted by atomic mass is 32.1. The van der Waals surface area contributed by atoms with Crippen molar-refractivity contribution in [2.75, 3.05) is 0 Å². The van der Waals surface area contributed by atoms with E-state index in [1.807, 2.05) is 0 Å². The van der Waals surface area contributed by atoms with E-state index in [2.05, 4.69) is 22.4 Å². The topological polar surface area (TPSA) is 20.3 Å². The molecule has 1 heterocycles. The molecule has 2 nitrogen and oxygen atoms in total. The van der Waals surface area contributed by atoms with E-state index in [-0.39, 0.29) is 0 Å². The Morgan fingerprint density at radius 1 is 1.26 bits per heavy atom. The molecule has 3 fully saturated rings. The third-order valence-corrected chi connectivity index (χ3v) is 6.09. The van der Waals surface area contributed by atoms with Crippen LogP contribution in [0.1, 0.15) is 43.4 Å². The van der Waals surface area contributed by atoms with Crippen LogP contribution in [-0.2, 0) is 11.3 Å². The van der Waals surface area contributed by atoms with Crippen LogP contribution < -0.4 is 0 Å². The summed E-state index contributed by atoms with van der Waals surface area (Å²) in [5.41, 5.74) is 0. The van der Waals surface area contributed by atoms with Crippen molar-refractivity contribution in [2.45, 2.75) is 51.1 Å². The van der Waals surface area contributed by atoms with Gasteiger partial charge in [-0.05, 0) is 55.4 Å². The van der Waals surface area contributed by atoms with Gasteiger partial charge in [-0.1, -0.05) is 12.5 Å². The van der Waals surface area contributed by atoms with E-state index in [1.54, 1.807) is 11.3 Å². The van der Waals surface area contributed by atoms with Crippen molar-refractivity contribution in [3.05, 3.63) is 22.4 Å². The number of hydrogen-bond donors (Lipinski definition) is 0. The number of carbonyl (C=O) groups excluding carboxylic acids is 1. The summed E-state index contributed by atoms with van der Waals surface area (Å²) in [6.07, 6.45) is 7.63. The van der Waals surface area contributed by atoms with Gasteiger partial charge in [0, 0.05) is 16.8 Å². The average molecular weight is 275 g/mol. The number of thiophene rings is 1. The molecule has 1 amide bonds. The molecular weight excluding hydrogens is 254 g/mol. The van der Waals surface area contributed by atoms with E-state index in [9.17, 15) is 4.79 Å². The number of carbonyl (C=O) groups is 1. The molecule has 4 rings (SSSR count). The van der Waals surface area contributed by atoms with Gasteiger partial charge < -0.3 is 4.90 Å². The second-order valence-corrected chi connectivity index (χ2v) is 7.59. The zero-order valence-corrected chi connectivity index (χ0v) is 12.1. The summed E-state index contributed by atoms with van der Waals surface area (Å²) in [6, 6.07) is 4.80. The molecule has 102 valence electrons. The van der Waals surface area contributed by atoms with Crippen LogP contribution in [0.15, 0.2) is 17.5 Å². The first-order valence-corrected chi connectivity index (χ1v) is 8.52. The zero-order chi connectivity index (χ0) is 12.8. The summed E-state index contributed by atoms with van der Waals surface area (Å²) in [7, 11) is 0. The van der Waals surface area contributed by atoms with Gasteiger partial charge >= 0.3 is 0 Å². The van der Waals surface area contributed by atoms with Crippen LogP contribution in [0, 0.1) is 17.8 Å². The quantitative estimate of drug-likeness (QED) is 0.821. The molecule has 3 atom stereocenters. The van der Waals surface area contributed by atoms with Gasteiger partial charge in [0.25, 0.3) is 0 Å². The minimum atomic E-state index is 0.360. The molecule has 1 aromatic heterocycles. The lowest BCUT2D eigenvalue weighted by Gasteiger charge is -2.29. The van der Waals surface area contributed by atoms with Crippen molar-refractivity contribution in [1.29, 1.82) is 0 Å². The number of amides is 1. The van der Waals surface area contributed by atoms with E-state index in [1.165, 1.54) is 43.4 Å². The maximum Gasteiger partial charge on any atom is 0.226 e. The van der Waals surface area contributed by atoms with Gasteiger partial charge in [-0.3, -0.25) is 4.79 Å². The van der Waals surface area contributed by atoms with Gasteiger partial charge in [-0.2, -0.15) is 0 Å². The summed E-state index contributed by atoms with van der Waals surface area (Å²) in [5, 5.41) is 2.11. The summed E-state index contributed by atoms with van der Waals surface area (Å²) in [5.74, 6) is 2.41. The lowest BCUT2D eigenvalue weighted by Crippen LogP contribution is -2.39. The maximum absolute atomic E-state index is 12.9. The molecule has 0 saturated heterocycles. The van der Waals surface area contributed by atoms with Crippen LogP contribution in [0.2, 0.25) is 0 Å². The molecule has 0 N–H and O–H groups in total. The Hall–Kier alpha value is -0.830. The van der Waals surface area contributed by atoms with Crippen LogP contribution in [0.25, 0.3) is 0 Å². The Balaban J connectivity index is 1.49. The predicted octanol–water partition coefficient (Wildman–Crippen LogP) is 3.68. The second kappa shape index (κ2) is 4.62. The largest absolute Gasteiger partial charge is 0.334 e. The molecule has 3 aliphatic rings. The molecule has 0 unspecified atom stereocenters. The third-order valence-electron chi connectivity index (χ3n) is 5.23. The molecular formula is C16H21NOS. The van der Waals surface area contributed by atoms with Crippen LogP contribution >= 0.6 is 11.3 Å². The smallest absolute Gasteiger partial charge is 0.226 e. The highest BCUT2D eigenvalue weighted by Crippen LogP contribution is 2.49. The molecule has 0 spiro atoms. The lowest BCUT2D eigenvalue weighted by atomic mass is 9.87. The molecule has 1 aromatic rings. The van der Waals surface area contributed by atoms with E-state index in [0.717, 1.165) is 12.5 Å². The first-order valence-electron chi connectivity index (χ1n) is 7.64. The van der Waals surface area contributed by atoms with Gasteiger partial charge in [0.15, 0.2) is 0 Å². The Morgan fingerprint density at radius 2 is 2.16 bits per heavy atom. The molecule has 3 aliphatic carbocycles. The summed E-state index contributed by atoms with van der Waals surface area (Å²) in [6.45, 7) is 0.856. The van der Waals surface area contributed by atoms with Crippen molar-refractivity contribution >= 4 is 17.2 Å². The van der Waals surface area contributed by atoms with E-state index in [0.29, 0.717) is 23.8 Å². The molecule has 0 radical (unpaired) electrons. The first-order chi connectivity index (χ1) is 9.31. The standard InChI is InChI=1S/C16H21NOS/c18-16(15-9-11-3-4-12(15)8-11)17(13-5-6-13)10-14-2-1-7-19-14/h1-2,7,11-13,15H,3-6,8-10H2/t11-,12-,15+/m0/s1. The Morgan fingerprint density at radius 3 is 2.74 bits per heavy atom. The van der Waals surface area contributed by atoms with Crippen molar-refractivity contribution < 1.29 is 4.79 Å². The highest BCUT2D eigenvalue weighted by Gasteiger charge is 2.46. The van der Waals surface area contributed by atoms with Gasteiger partial charge in [-0.15, -0.1) is 11.3 Å². The van der Waals surface area contributed by atoms with E-state index in [4.69, 9.17) is 0 Å². The number of fused-ring (bicyclic) bond motifs is 2. The normalized spacial score (nSPS) is 32.7. The molecule has 2 bridgehead atoms. The highest BCUT2D eigenvalue weighted by molar-refractivity contribution is 7.09. The minimum Gasteiger partial charge on any atom is -0.334 e. The predicted molar refractivity (Wildman–Crippen MR) is 76.8 cm³/mol. The van der Waals surface area contributed by atoms with Gasteiger partial charge in [0.1, 0.15) is 0 Å². The molecule has 0 aromatic carbocycles. The third kappa shape index (κ3) is 2.22. The van der Waals surface area contributed by atoms with Crippen molar-refractivity contribution in [3.8, 4) is 0 Å².